The highest BCUT2D eigenvalue weighted by Crippen LogP contribution is 2.16. The Hall–Kier alpha value is -1.33. The van der Waals surface area contributed by atoms with E-state index in [1.165, 1.54) is 23.5 Å². The molecule has 5 heteroatoms. The minimum absolute atomic E-state index is 0.117. The van der Waals surface area contributed by atoms with Crippen LogP contribution in [0.4, 0.5) is 8.78 Å². The Morgan fingerprint density at radius 1 is 1.19 bits per heavy atom. The molecule has 1 N–H and O–H groups in total. The van der Waals surface area contributed by atoms with Crippen molar-refractivity contribution < 1.29 is 13.9 Å². The molecule has 0 bridgehead atoms. The number of hydrogen-bond donors (Lipinski definition) is 1. The predicted octanol–water partition coefficient (Wildman–Crippen LogP) is 2.50. The van der Waals surface area contributed by atoms with Gasteiger partial charge in [0, 0.05) is 17.9 Å². The summed E-state index contributed by atoms with van der Waals surface area (Å²) in [6, 6.07) is 3.40. The Bertz CT molecular complexity index is 478. The lowest BCUT2D eigenvalue weighted by molar-refractivity contribution is 0.277. The first-order chi connectivity index (χ1) is 7.67. The summed E-state index contributed by atoms with van der Waals surface area (Å²) < 4.78 is 25.8. The number of aliphatic hydroxyl groups excluding tert-OH is 1. The highest BCUT2D eigenvalue weighted by Gasteiger charge is 2.05. The molecule has 0 saturated carbocycles. The van der Waals surface area contributed by atoms with Crippen LogP contribution >= 0.6 is 11.3 Å². The Labute approximate surface area is 95.2 Å². The summed E-state index contributed by atoms with van der Waals surface area (Å²) in [6.45, 7) is -0.117. The lowest BCUT2D eigenvalue weighted by atomic mass is 10.1. The van der Waals surface area contributed by atoms with Crippen LogP contribution < -0.4 is 0 Å². The summed E-state index contributed by atoms with van der Waals surface area (Å²) in [4.78, 5) is 4.11. The van der Waals surface area contributed by atoms with Gasteiger partial charge in [0.1, 0.15) is 11.6 Å². The van der Waals surface area contributed by atoms with Gasteiger partial charge in [-0.25, -0.2) is 13.8 Å². The van der Waals surface area contributed by atoms with E-state index in [1.54, 1.807) is 5.38 Å². The third kappa shape index (κ3) is 2.62. The summed E-state index contributed by atoms with van der Waals surface area (Å²) in [5, 5.41) is 11.3. The number of benzene rings is 1. The van der Waals surface area contributed by atoms with Gasteiger partial charge in [0.05, 0.1) is 17.3 Å². The fraction of sp³-hybridized carbons (Fsp3) is 0.182. The third-order valence-electron chi connectivity index (χ3n) is 2.04. The van der Waals surface area contributed by atoms with Crippen LogP contribution in [0.2, 0.25) is 0 Å². The molecule has 0 amide bonds. The van der Waals surface area contributed by atoms with Crippen molar-refractivity contribution >= 4 is 11.3 Å². The van der Waals surface area contributed by atoms with E-state index in [4.69, 9.17) is 5.11 Å². The lowest BCUT2D eigenvalue weighted by Gasteiger charge is -1.99. The Balaban J connectivity index is 2.19. The zero-order valence-electron chi connectivity index (χ0n) is 8.28. The summed E-state index contributed by atoms with van der Waals surface area (Å²) in [6.07, 6.45) is 0.374. The maximum absolute atomic E-state index is 12.9. The van der Waals surface area contributed by atoms with Crippen molar-refractivity contribution in [1.29, 1.82) is 0 Å². The van der Waals surface area contributed by atoms with Crippen molar-refractivity contribution in [3.8, 4) is 0 Å². The second kappa shape index (κ2) is 4.67. The van der Waals surface area contributed by atoms with Crippen LogP contribution in [-0.2, 0) is 13.0 Å². The van der Waals surface area contributed by atoms with E-state index in [2.05, 4.69) is 4.98 Å². The molecular formula is C11H9F2NOS. The van der Waals surface area contributed by atoms with Gasteiger partial charge in [-0.15, -0.1) is 11.3 Å². The molecule has 1 aromatic carbocycles. The summed E-state index contributed by atoms with van der Waals surface area (Å²) in [7, 11) is 0. The first-order valence-electron chi connectivity index (χ1n) is 4.66. The minimum Gasteiger partial charge on any atom is -0.390 e. The maximum Gasteiger partial charge on any atom is 0.126 e. The normalized spacial score (nSPS) is 10.7. The maximum atomic E-state index is 12.9. The van der Waals surface area contributed by atoms with Crippen molar-refractivity contribution in [3.63, 3.8) is 0 Å². The van der Waals surface area contributed by atoms with Gasteiger partial charge >= 0.3 is 0 Å². The van der Waals surface area contributed by atoms with Gasteiger partial charge in [-0.05, 0) is 17.7 Å². The van der Waals surface area contributed by atoms with Gasteiger partial charge in [-0.3, -0.25) is 0 Å². The average molecular weight is 241 g/mol. The molecule has 0 fully saturated rings. The molecular weight excluding hydrogens is 232 g/mol. The number of hydrogen-bond acceptors (Lipinski definition) is 3. The van der Waals surface area contributed by atoms with Crippen molar-refractivity contribution in [3.05, 3.63) is 51.5 Å². The number of rotatable bonds is 3. The quantitative estimate of drug-likeness (QED) is 0.895. The Morgan fingerprint density at radius 3 is 2.44 bits per heavy atom. The molecule has 2 nitrogen and oxygen atoms in total. The molecule has 0 aliphatic heterocycles. The predicted molar refractivity (Wildman–Crippen MR) is 57.2 cm³/mol. The minimum atomic E-state index is -0.589. The summed E-state index contributed by atoms with van der Waals surface area (Å²) in [5.41, 5.74) is 1.12. The standard InChI is InChI=1S/C11H9F2NOS/c12-8-1-7(2-9(13)4-8)3-11-14-10(5-15)6-16-11/h1-2,4,6,15H,3,5H2. The van der Waals surface area contributed by atoms with Crippen molar-refractivity contribution in [2.75, 3.05) is 0 Å². The van der Waals surface area contributed by atoms with Crippen molar-refractivity contribution in [1.82, 2.24) is 4.98 Å². The van der Waals surface area contributed by atoms with E-state index in [0.29, 0.717) is 17.7 Å². The zero-order chi connectivity index (χ0) is 11.5. The molecule has 84 valence electrons. The van der Waals surface area contributed by atoms with E-state index >= 15 is 0 Å². The highest BCUT2D eigenvalue weighted by molar-refractivity contribution is 7.09. The Kier molecular flexibility index (Phi) is 3.26. The van der Waals surface area contributed by atoms with Crippen LogP contribution in [0.15, 0.2) is 23.6 Å². The van der Waals surface area contributed by atoms with Gasteiger partial charge < -0.3 is 5.11 Å². The number of nitrogens with zero attached hydrogens (tertiary/aromatic N) is 1. The number of halogens is 2. The molecule has 1 aromatic heterocycles. The second-order valence-corrected chi connectivity index (χ2v) is 4.29. The number of aliphatic hydroxyl groups is 1. The number of thiazole rings is 1. The van der Waals surface area contributed by atoms with Crippen LogP contribution in [0.3, 0.4) is 0 Å². The van der Waals surface area contributed by atoms with Gasteiger partial charge in [-0.2, -0.15) is 0 Å². The molecule has 1 heterocycles. The van der Waals surface area contributed by atoms with E-state index in [-0.39, 0.29) is 6.61 Å². The average Bonchev–Trinajstić information content (AvgIpc) is 2.64. The van der Waals surface area contributed by atoms with Gasteiger partial charge in [0.25, 0.3) is 0 Å². The van der Waals surface area contributed by atoms with Gasteiger partial charge in [0.2, 0.25) is 0 Å². The first kappa shape index (κ1) is 11.2. The van der Waals surface area contributed by atoms with Crippen LogP contribution in [0.25, 0.3) is 0 Å². The smallest absolute Gasteiger partial charge is 0.126 e. The van der Waals surface area contributed by atoms with Crippen LogP contribution in [0, 0.1) is 11.6 Å². The van der Waals surface area contributed by atoms with Crippen LogP contribution in [-0.4, -0.2) is 10.1 Å². The van der Waals surface area contributed by atoms with Crippen LogP contribution in [0.1, 0.15) is 16.3 Å². The molecule has 0 unspecified atom stereocenters. The zero-order valence-corrected chi connectivity index (χ0v) is 9.10. The lowest BCUT2D eigenvalue weighted by Crippen LogP contribution is -1.91. The monoisotopic (exact) mass is 241 g/mol. The number of aromatic nitrogens is 1. The fourth-order valence-corrected chi connectivity index (χ4v) is 2.21. The largest absolute Gasteiger partial charge is 0.390 e. The topological polar surface area (TPSA) is 33.1 Å². The SMILES string of the molecule is OCc1csc(Cc2cc(F)cc(F)c2)n1. The summed E-state index contributed by atoms with van der Waals surface area (Å²) in [5.74, 6) is -1.18. The molecule has 0 aliphatic carbocycles. The van der Waals surface area contributed by atoms with Crippen LogP contribution in [0.5, 0.6) is 0 Å². The van der Waals surface area contributed by atoms with E-state index in [0.717, 1.165) is 11.1 Å². The Morgan fingerprint density at radius 2 is 1.88 bits per heavy atom. The highest BCUT2D eigenvalue weighted by atomic mass is 32.1. The van der Waals surface area contributed by atoms with E-state index in [9.17, 15) is 8.78 Å². The van der Waals surface area contributed by atoms with Gasteiger partial charge in [0.15, 0.2) is 0 Å². The molecule has 2 aromatic rings. The van der Waals surface area contributed by atoms with E-state index in [1.807, 2.05) is 0 Å². The molecule has 0 spiro atoms. The molecule has 16 heavy (non-hydrogen) atoms. The fourth-order valence-electron chi connectivity index (χ4n) is 1.39. The summed E-state index contributed by atoms with van der Waals surface area (Å²) >= 11 is 1.36. The molecule has 2 rings (SSSR count). The molecule has 0 radical (unpaired) electrons. The second-order valence-electron chi connectivity index (χ2n) is 3.35. The van der Waals surface area contributed by atoms with Gasteiger partial charge in [-0.1, -0.05) is 0 Å². The first-order valence-corrected chi connectivity index (χ1v) is 5.54. The molecule has 0 aliphatic rings. The molecule has 0 atom stereocenters. The third-order valence-corrected chi connectivity index (χ3v) is 2.94. The van der Waals surface area contributed by atoms with E-state index < -0.39 is 11.6 Å². The van der Waals surface area contributed by atoms with Crippen molar-refractivity contribution in [2.45, 2.75) is 13.0 Å². The van der Waals surface area contributed by atoms with Crippen molar-refractivity contribution in [2.24, 2.45) is 0 Å². The molecule has 0 saturated heterocycles.